The van der Waals surface area contributed by atoms with Crippen LogP contribution in [0.15, 0.2) is 24.3 Å². The molecule has 0 radical (unpaired) electrons. The van der Waals surface area contributed by atoms with Crippen molar-refractivity contribution >= 4 is 11.9 Å². The molecule has 0 fully saturated rings. The number of carboxylic acid groups (broad SMARTS) is 1. The number of carbonyl (C=O) groups is 2. The third-order valence-corrected chi connectivity index (χ3v) is 3.19. The highest BCUT2D eigenvalue weighted by Crippen LogP contribution is 2.19. The largest absolute Gasteiger partial charge is 0.480 e. The average Bonchev–Trinajstić information content (AvgIpc) is 2.39. The van der Waals surface area contributed by atoms with Crippen molar-refractivity contribution in [2.45, 2.75) is 32.7 Å². The lowest BCUT2D eigenvalue weighted by molar-refractivity contribution is -0.147. The van der Waals surface area contributed by atoms with E-state index < -0.39 is 11.5 Å². The van der Waals surface area contributed by atoms with E-state index in [1.165, 1.54) is 18.7 Å². The Hall–Kier alpha value is -2.35. The lowest BCUT2D eigenvalue weighted by Gasteiger charge is -2.34. The second-order valence-electron chi connectivity index (χ2n) is 5.10. The van der Waals surface area contributed by atoms with Gasteiger partial charge in [-0.25, -0.2) is 4.79 Å². The number of nitrogens with zero attached hydrogens (tertiary/aromatic N) is 2. The van der Waals surface area contributed by atoms with E-state index in [1.807, 2.05) is 13.0 Å². The van der Waals surface area contributed by atoms with E-state index in [9.17, 15) is 14.7 Å². The predicted octanol–water partition coefficient (Wildman–Crippen LogP) is 2.21. The Morgan fingerprint density at radius 2 is 1.85 bits per heavy atom. The fourth-order valence-corrected chi connectivity index (χ4v) is 1.76. The van der Waals surface area contributed by atoms with Gasteiger partial charge in [0.2, 0.25) is 0 Å². The lowest BCUT2D eigenvalue weighted by atomic mass is 10.0. The maximum absolute atomic E-state index is 12.5. The third kappa shape index (κ3) is 3.35. The summed E-state index contributed by atoms with van der Waals surface area (Å²) in [6.45, 7) is 4.91. The number of aryl methyl sites for hydroxylation is 1. The van der Waals surface area contributed by atoms with E-state index in [0.29, 0.717) is 5.56 Å². The molecule has 0 saturated carbocycles. The molecule has 20 heavy (non-hydrogen) atoms. The number of carbonyl (C=O) groups excluding carboxylic acids is 1. The first-order valence-corrected chi connectivity index (χ1v) is 6.29. The normalized spacial score (nSPS) is 10.7. The van der Waals surface area contributed by atoms with Crippen molar-refractivity contribution < 1.29 is 14.7 Å². The van der Waals surface area contributed by atoms with Crippen molar-refractivity contribution in [3.63, 3.8) is 0 Å². The van der Waals surface area contributed by atoms with E-state index in [2.05, 4.69) is 0 Å². The lowest BCUT2D eigenvalue weighted by Crippen LogP contribution is -2.53. The zero-order valence-electron chi connectivity index (χ0n) is 11.9. The summed E-state index contributed by atoms with van der Waals surface area (Å²) in [7, 11) is 0. The van der Waals surface area contributed by atoms with Gasteiger partial charge in [-0.3, -0.25) is 4.79 Å². The first kappa shape index (κ1) is 15.7. The van der Waals surface area contributed by atoms with Gasteiger partial charge in [0.15, 0.2) is 0 Å². The molecule has 0 spiro atoms. The van der Waals surface area contributed by atoms with Crippen molar-refractivity contribution in [2.75, 3.05) is 6.54 Å². The van der Waals surface area contributed by atoms with Gasteiger partial charge in [0, 0.05) is 12.1 Å². The number of rotatable bonds is 5. The van der Waals surface area contributed by atoms with Crippen LogP contribution in [0.1, 0.15) is 36.2 Å². The summed E-state index contributed by atoms with van der Waals surface area (Å²) in [5.41, 5.74) is 0.0734. The molecule has 0 saturated heterocycles. The fourth-order valence-electron chi connectivity index (χ4n) is 1.76. The molecule has 1 aromatic carbocycles. The van der Waals surface area contributed by atoms with E-state index in [1.54, 1.807) is 24.3 Å². The molecule has 5 nitrogen and oxygen atoms in total. The molecule has 0 aliphatic carbocycles. The Morgan fingerprint density at radius 3 is 2.30 bits per heavy atom. The Balaban J connectivity index is 3.11. The van der Waals surface area contributed by atoms with E-state index in [0.717, 1.165) is 5.56 Å². The highest BCUT2D eigenvalue weighted by atomic mass is 16.4. The first-order valence-electron chi connectivity index (χ1n) is 6.29. The molecule has 0 aliphatic rings. The minimum absolute atomic E-state index is 0.0858. The van der Waals surface area contributed by atoms with Gasteiger partial charge in [-0.1, -0.05) is 17.7 Å². The topological polar surface area (TPSA) is 81.4 Å². The maximum Gasteiger partial charge on any atom is 0.329 e. The molecule has 1 N–H and O–H groups in total. The van der Waals surface area contributed by atoms with Crippen LogP contribution in [0.4, 0.5) is 0 Å². The van der Waals surface area contributed by atoms with Gasteiger partial charge in [-0.15, -0.1) is 0 Å². The summed E-state index contributed by atoms with van der Waals surface area (Å²) in [4.78, 5) is 25.0. The number of amides is 1. The molecular weight excluding hydrogens is 256 g/mol. The van der Waals surface area contributed by atoms with E-state index >= 15 is 0 Å². The fraction of sp³-hybridized carbons (Fsp3) is 0.400. The molecule has 106 valence electrons. The van der Waals surface area contributed by atoms with Gasteiger partial charge in [0.1, 0.15) is 5.54 Å². The highest BCUT2D eigenvalue weighted by Gasteiger charge is 2.37. The molecule has 0 atom stereocenters. The third-order valence-electron chi connectivity index (χ3n) is 3.19. The summed E-state index contributed by atoms with van der Waals surface area (Å²) < 4.78 is 0. The van der Waals surface area contributed by atoms with E-state index in [4.69, 9.17) is 5.26 Å². The van der Waals surface area contributed by atoms with Crippen LogP contribution in [0.2, 0.25) is 0 Å². The minimum Gasteiger partial charge on any atom is -0.480 e. The summed E-state index contributed by atoms with van der Waals surface area (Å²) in [5.74, 6) is -1.48. The van der Waals surface area contributed by atoms with Crippen molar-refractivity contribution in [3.8, 4) is 6.07 Å². The SMILES string of the molecule is Cc1ccc(C(=O)N(CCC#N)C(C)(C)C(=O)O)cc1. The quantitative estimate of drug-likeness (QED) is 0.892. The van der Waals surface area contributed by atoms with Crippen molar-refractivity contribution in [1.29, 1.82) is 5.26 Å². The van der Waals surface area contributed by atoms with Crippen LogP contribution in [0.3, 0.4) is 0 Å². The average molecular weight is 274 g/mol. The summed E-state index contributed by atoms with van der Waals surface area (Å²) in [5, 5.41) is 17.9. The molecule has 0 aromatic heterocycles. The van der Waals surface area contributed by atoms with Crippen LogP contribution in [-0.2, 0) is 4.79 Å². The first-order chi connectivity index (χ1) is 9.30. The highest BCUT2D eigenvalue weighted by molar-refractivity contribution is 5.97. The van der Waals surface area contributed by atoms with Crippen LogP contribution in [0.25, 0.3) is 0 Å². The van der Waals surface area contributed by atoms with Gasteiger partial charge in [0.05, 0.1) is 12.5 Å². The van der Waals surface area contributed by atoms with Crippen LogP contribution in [0.5, 0.6) is 0 Å². The van der Waals surface area contributed by atoms with Gasteiger partial charge >= 0.3 is 5.97 Å². The Kier molecular flexibility index (Phi) is 4.87. The smallest absolute Gasteiger partial charge is 0.329 e. The molecule has 1 amide bonds. The van der Waals surface area contributed by atoms with Crippen LogP contribution >= 0.6 is 0 Å². The number of benzene rings is 1. The number of carboxylic acids is 1. The molecule has 0 aliphatic heterocycles. The molecular formula is C15H18N2O3. The summed E-state index contributed by atoms with van der Waals surface area (Å²) in [6, 6.07) is 8.85. The second-order valence-corrected chi connectivity index (χ2v) is 5.10. The monoisotopic (exact) mass is 274 g/mol. The van der Waals surface area contributed by atoms with Gasteiger partial charge in [0.25, 0.3) is 5.91 Å². The van der Waals surface area contributed by atoms with Gasteiger partial charge in [-0.05, 0) is 32.9 Å². The zero-order chi connectivity index (χ0) is 15.3. The Morgan fingerprint density at radius 1 is 1.30 bits per heavy atom. The van der Waals surface area contributed by atoms with Gasteiger partial charge in [-0.2, -0.15) is 5.26 Å². The standard InChI is InChI=1S/C15H18N2O3/c1-11-5-7-12(8-6-11)13(18)17(10-4-9-16)15(2,3)14(19)20/h5-8H,4,10H2,1-3H3,(H,19,20). The molecule has 0 bridgehead atoms. The minimum atomic E-state index is -1.36. The van der Waals surface area contributed by atoms with Crippen molar-refractivity contribution in [3.05, 3.63) is 35.4 Å². The summed E-state index contributed by atoms with van der Waals surface area (Å²) >= 11 is 0. The molecule has 0 heterocycles. The number of hydrogen-bond donors (Lipinski definition) is 1. The van der Waals surface area contributed by atoms with Crippen molar-refractivity contribution in [2.24, 2.45) is 0 Å². The van der Waals surface area contributed by atoms with E-state index in [-0.39, 0.29) is 18.9 Å². The molecule has 5 heteroatoms. The molecule has 0 unspecified atom stereocenters. The van der Waals surface area contributed by atoms with Crippen LogP contribution < -0.4 is 0 Å². The Labute approximate surface area is 118 Å². The van der Waals surface area contributed by atoms with Crippen molar-refractivity contribution in [1.82, 2.24) is 4.90 Å². The molecule has 1 rings (SSSR count). The molecule has 1 aromatic rings. The second kappa shape index (κ2) is 6.20. The van der Waals surface area contributed by atoms with Gasteiger partial charge < -0.3 is 10.0 Å². The predicted molar refractivity (Wildman–Crippen MR) is 74.2 cm³/mol. The zero-order valence-corrected chi connectivity index (χ0v) is 11.9. The number of aliphatic carboxylic acids is 1. The number of nitriles is 1. The maximum atomic E-state index is 12.5. The van der Waals surface area contributed by atoms with Crippen LogP contribution in [0, 0.1) is 18.3 Å². The summed E-state index contributed by atoms with van der Waals surface area (Å²) in [6.07, 6.45) is 0.0916. The number of hydrogen-bond acceptors (Lipinski definition) is 3. The Bertz CT molecular complexity index is 541. The van der Waals surface area contributed by atoms with Crippen LogP contribution in [-0.4, -0.2) is 34.0 Å².